The number of nitrogens with one attached hydrogen (secondary N) is 1. The summed E-state index contributed by atoms with van der Waals surface area (Å²) in [6.45, 7) is 0.173. The minimum absolute atomic E-state index is 0.00165. The van der Waals surface area contributed by atoms with Gasteiger partial charge in [-0.15, -0.1) is 0 Å². The highest BCUT2D eigenvalue weighted by molar-refractivity contribution is 5.82. The maximum Gasteiger partial charge on any atom is 0.311 e. The van der Waals surface area contributed by atoms with Crippen LogP contribution in [0.25, 0.3) is 11.1 Å². The lowest BCUT2D eigenvalue weighted by molar-refractivity contribution is -0.146. The summed E-state index contributed by atoms with van der Waals surface area (Å²) in [6.07, 6.45) is 0.843. The van der Waals surface area contributed by atoms with Crippen LogP contribution in [0.3, 0.4) is 0 Å². The molecule has 2 unspecified atom stereocenters. The number of carbonyl (C=O) groups excluding carboxylic acids is 2. The number of esters is 1. The van der Waals surface area contributed by atoms with E-state index in [1.54, 1.807) is 0 Å². The van der Waals surface area contributed by atoms with Crippen LogP contribution in [0.2, 0.25) is 0 Å². The molecule has 1 aliphatic carbocycles. The molecule has 6 nitrogen and oxygen atoms in total. The Balaban J connectivity index is 1.34. The standard InChI is InChI=1S/C28H27NO5/c30-26(13-14-27(31)34-18-19-7-3-1-4-8-19)29-23-15-22-12-11-21(20-9-5-2-6-10-20)16-24(22)25(17-23)28(32)33/h1-12,16,23,25H,13-15,17-18H2,(H,29,30)(H,32,33). The van der Waals surface area contributed by atoms with Crippen molar-refractivity contribution in [1.82, 2.24) is 5.32 Å². The predicted molar refractivity (Wildman–Crippen MR) is 128 cm³/mol. The Morgan fingerprint density at radius 3 is 2.29 bits per heavy atom. The van der Waals surface area contributed by atoms with E-state index in [4.69, 9.17) is 4.74 Å². The Bertz CT molecular complexity index is 1160. The Labute approximate surface area is 198 Å². The maximum absolute atomic E-state index is 12.5. The highest BCUT2D eigenvalue weighted by Crippen LogP contribution is 2.35. The molecule has 0 aliphatic heterocycles. The third-order valence-electron chi connectivity index (χ3n) is 6.08. The van der Waals surface area contributed by atoms with E-state index in [1.165, 1.54) is 0 Å². The molecule has 2 atom stereocenters. The number of hydrogen-bond donors (Lipinski definition) is 2. The van der Waals surface area contributed by atoms with E-state index in [2.05, 4.69) is 5.32 Å². The van der Waals surface area contributed by atoms with Gasteiger partial charge in [-0.3, -0.25) is 14.4 Å². The van der Waals surface area contributed by atoms with E-state index in [-0.39, 0.29) is 31.4 Å². The summed E-state index contributed by atoms with van der Waals surface area (Å²) in [5, 5.41) is 12.8. The molecule has 174 valence electrons. The van der Waals surface area contributed by atoms with E-state index in [9.17, 15) is 19.5 Å². The molecule has 0 spiro atoms. The minimum atomic E-state index is -0.907. The van der Waals surface area contributed by atoms with E-state index < -0.39 is 17.9 Å². The number of rotatable bonds is 8. The fourth-order valence-electron chi connectivity index (χ4n) is 4.35. The van der Waals surface area contributed by atoms with Gasteiger partial charge in [0.1, 0.15) is 6.61 Å². The smallest absolute Gasteiger partial charge is 0.311 e. The topological polar surface area (TPSA) is 92.7 Å². The summed E-state index contributed by atoms with van der Waals surface area (Å²) < 4.78 is 5.21. The van der Waals surface area contributed by atoms with Crippen LogP contribution in [0, 0.1) is 0 Å². The van der Waals surface area contributed by atoms with Gasteiger partial charge in [0.25, 0.3) is 0 Å². The lowest BCUT2D eigenvalue weighted by Crippen LogP contribution is -2.41. The zero-order valence-corrected chi connectivity index (χ0v) is 18.8. The summed E-state index contributed by atoms with van der Waals surface area (Å²) in [7, 11) is 0. The van der Waals surface area contributed by atoms with Crippen molar-refractivity contribution in [2.45, 2.75) is 44.2 Å². The van der Waals surface area contributed by atoms with Crippen molar-refractivity contribution in [2.75, 3.05) is 0 Å². The van der Waals surface area contributed by atoms with Crippen molar-refractivity contribution >= 4 is 17.8 Å². The first-order chi connectivity index (χ1) is 16.5. The molecule has 0 radical (unpaired) electrons. The normalized spacial score (nSPS) is 16.8. The van der Waals surface area contributed by atoms with Crippen LogP contribution in [0.5, 0.6) is 0 Å². The quantitative estimate of drug-likeness (QED) is 0.487. The Morgan fingerprint density at radius 2 is 1.59 bits per heavy atom. The molecule has 3 aromatic carbocycles. The van der Waals surface area contributed by atoms with E-state index in [0.717, 1.165) is 27.8 Å². The molecule has 0 fully saturated rings. The summed E-state index contributed by atoms with van der Waals surface area (Å²) in [4.78, 5) is 36.5. The third kappa shape index (κ3) is 5.90. The van der Waals surface area contributed by atoms with E-state index in [0.29, 0.717) is 12.8 Å². The number of carboxylic acids is 1. The lowest BCUT2D eigenvalue weighted by Gasteiger charge is -2.30. The second kappa shape index (κ2) is 10.8. The molecule has 6 heteroatoms. The third-order valence-corrected chi connectivity index (χ3v) is 6.08. The zero-order valence-electron chi connectivity index (χ0n) is 18.8. The Hall–Kier alpha value is -3.93. The van der Waals surface area contributed by atoms with Crippen LogP contribution in [0.15, 0.2) is 78.9 Å². The minimum Gasteiger partial charge on any atom is -0.481 e. The average Bonchev–Trinajstić information content (AvgIpc) is 2.86. The van der Waals surface area contributed by atoms with Crippen molar-refractivity contribution in [2.24, 2.45) is 0 Å². The van der Waals surface area contributed by atoms with Gasteiger partial charge < -0.3 is 15.2 Å². The second-order valence-electron chi connectivity index (χ2n) is 8.52. The molecule has 0 heterocycles. The molecule has 0 saturated carbocycles. The van der Waals surface area contributed by atoms with Gasteiger partial charge in [0, 0.05) is 12.5 Å². The Kier molecular flexibility index (Phi) is 7.38. The van der Waals surface area contributed by atoms with Crippen LogP contribution < -0.4 is 5.32 Å². The number of fused-ring (bicyclic) bond motifs is 1. The van der Waals surface area contributed by atoms with Crippen molar-refractivity contribution in [3.63, 3.8) is 0 Å². The van der Waals surface area contributed by atoms with Gasteiger partial charge in [-0.25, -0.2) is 0 Å². The van der Waals surface area contributed by atoms with Gasteiger partial charge in [0.2, 0.25) is 5.91 Å². The zero-order chi connectivity index (χ0) is 23.9. The SMILES string of the molecule is O=C(CCC(=O)OCc1ccccc1)NC1Cc2ccc(-c3ccccc3)cc2C(C(=O)O)C1. The summed E-state index contributed by atoms with van der Waals surface area (Å²) in [5.41, 5.74) is 4.61. The second-order valence-corrected chi connectivity index (χ2v) is 8.52. The van der Waals surface area contributed by atoms with Crippen molar-refractivity contribution in [3.8, 4) is 11.1 Å². The van der Waals surface area contributed by atoms with Gasteiger partial charge in [-0.1, -0.05) is 78.9 Å². The van der Waals surface area contributed by atoms with Crippen molar-refractivity contribution < 1.29 is 24.2 Å². The number of carboxylic acid groups (broad SMARTS) is 1. The van der Waals surface area contributed by atoms with Gasteiger partial charge in [-0.2, -0.15) is 0 Å². The highest BCUT2D eigenvalue weighted by atomic mass is 16.5. The van der Waals surface area contributed by atoms with Gasteiger partial charge in [0.15, 0.2) is 0 Å². The molecule has 0 saturated heterocycles. The number of amides is 1. The van der Waals surface area contributed by atoms with Crippen molar-refractivity contribution in [1.29, 1.82) is 0 Å². The Morgan fingerprint density at radius 1 is 0.882 bits per heavy atom. The van der Waals surface area contributed by atoms with Gasteiger partial charge in [0.05, 0.1) is 12.3 Å². The largest absolute Gasteiger partial charge is 0.481 e. The molecule has 1 aliphatic rings. The number of ether oxygens (including phenoxy) is 1. The first kappa shape index (κ1) is 23.2. The molecule has 2 N–H and O–H groups in total. The van der Waals surface area contributed by atoms with Crippen LogP contribution in [0.1, 0.15) is 41.9 Å². The number of aliphatic carboxylic acids is 1. The molecule has 3 aromatic rings. The van der Waals surface area contributed by atoms with E-state index >= 15 is 0 Å². The van der Waals surface area contributed by atoms with Crippen LogP contribution >= 0.6 is 0 Å². The molecule has 0 bridgehead atoms. The first-order valence-corrected chi connectivity index (χ1v) is 11.4. The molecular formula is C28H27NO5. The average molecular weight is 458 g/mol. The molecule has 0 aromatic heterocycles. The van der Waals surface area contributed by atoms with Crippen LogP contribution in [-0.4, -0.2) is 29.0 Å². The fraction of sp³-hybridized carbons (Fsp3) is 0.250. The molecular weight excluding hydrogens is 430 g/mol. The highest BCUT2D eigenvalue weighted by Gasteiger charge is 2.32. The number of hydrogen-bond acceptors (Lipinski definition) is 4. The molecule has 1 amide bonds. The van der Waals surface area contributed by atoms with E-state index in [1.807, 2.05) is 78.9 Å². The van der Waals surface area contributed by atoms with Crippen molar-refractivity contribution in [3.05, 3.63) is 95.6 Å². The number of benzene rings is 3. The molecule has 4 rings (SSSR count). The summed E-state index contributed by atoms with van der Waals surface area (Å²) in [5.74, 6) is -2.33. The molecule has 34 heavy (non-hydrogen) atoms. The summed E-state index contributed by atoms with van der Waals surface area (Å²) in [6, 6.07) is 24.8. The monoisotopic (exact) mass is 457 g/mol. The predicted octanol–water partition coefficient (Wildman–Crippen LogP) is 4.48. The van der Waals surface area contributed by atoms with Gasteiger partial charge >= 0.3 is 11.9 Å². The fourth-order valence-corrected chi connectivity index (χ4v) is 4.35. The maximum atomic E-state index is 12.5. The van der Waals surface area contributed by atoms with Crippen LogP contribution in [-0.2, 0) is 32.1 Å². The number of carbonyl (C=O) groups is 3. The lowest BCUT2D eigenvalue weighted by atomic mass is 9.79. The first-order valence-electron chi connectivity index (χ1n) is 11.4. The van der Waals surface area contributed by atoms with Gasteiger partial charge in [-0.05, 0) is 40.7 Å². The van der Waals surface area contributed by atoms with Crippen LogP contribution in [0.4, 0.5) is 0 Å². The summed E-state index contributed by atoms with van der Waals surface area (Å²) >= 11 is 0.